The van der Waals surface area contributed by atoms with Gasteiger partial charge in [0.05, 0.1) is 19.8 Å². The summed E-state index contributed by atoms with van der Waals surface area (Å²) in [6, 6.07) is 5.87. The van der Waals surface area contributed by atoms with Gasteiger partial charge in [-0.2, -0.15) is 0 Å². The molecule has 0 aliphatic carbocycles. The van der Waals surface area contributed by atoms with Crippen LogP contribution in [0.25, 0.3) is 0 Å². The first-order valence-corrected chi connectivity index (χ1v) is 6.74. The van der Waals surface area contributed by atoms with E-state index in [1.807, 2.05) is 25.1 Å². The molecular formula is C15H25NO4. The van der Waals surface area contributed by atoms with Crippen molar-refractivity contribution in [3.63, 3.8) is 0 Å². The van der Waals surface area contributed by atoms with Crippen molar-refractivity contribution in [2.45, 2.75) is 19.6 Å². The number of nitrogens with one attached hydrogen (secondary N) is 1. The molecule has 114 valence electrons. The van der Waals surface area contributed by atoms with Gasteiger partial charge in [-0.25, -0.2) is 0 Å². The highest BCUT2D eigenvalue weighted by atomic mass is 16.5. The van der Waals surface area contributed by atoms with E-state index in [1.54, 1.807) is 21.3 Å². The number of para-hydroxylation sites is 1. The van der Waals surface area contributed by atoms with E-state index in [1.165, 1.54) is 0 Å². The molecule has 1 rings (SSSR count). The van der Waals surface area contributed by atoms with Crippen molar-refractivity contribution in [3.05, 3.63) is 23.8 Å². The van der Waals surface area contributed by atoms with Gasteiger partial charge in [0, 0.05) is 32.9 Å². The molecule has 0 amide bonds. The van der Waals surface area contributed by atoms with Crippen LogP contribution in [0.15, 0.2) is 18.2 Å². The molecule has 0 saturated carbocycles. The third-order valence-corrected chi connectivity index (χ3v) is 2.94. The Morgan fingerprint density at radius 1 is 1.20 bits per heavy atom. The van der Waals surface area contributed by atoms with Gasteiger partial charge in [-0.1, -0.05) is 12.1 Å². The number of ether oxygens (including phenoxy) is 4. The van der Waals surface area contributed by atoms with E-state index in [4.69, 9.17) is 18.9 Å². The second-order valence-electron chi connectivity index (χ2n) is 4.48. The zero-order valence-corrected chi connectivity index (χ0v) is 12.8. The molecule has 5 heteroatoms. The third kappa shape index (κ3) is 5.36. The van der Waals surface area contributed by atoms with Crippen LogP contribution in [0.5, 0.6) is 11.5 Å². The molecule has 5 nitrogen and oxygen atoms in total. The lowest BCUT2D eigenvalue weighted by molar-refractivity contribution is 0.0701. The third-order valence-electron chi connectivity index (χ3n) is 2.94. The SMILES string of the molecule is COCCNCc1cccc(OC)c1OCC(C)OC. The molecule has 0 aromatic heterocycles. The first kappa shape index (κ1) is 16.8. The molecular weight excluding hydrogens is 258 g/mol. The molecule has 1 aromatic rings. The maximum absolute atomic E-state index is 5.85. The summed E-state index contributed by atoms with van der Waals surface area (Å²) in [4.78, 5) is 0. The minimum absolute atomic E-state index is 0.0363. The lowest BCUT2D eigenvalue weighted by Crippen LogP contribution is -2.20. The highest BCUT2D eigenvalue weighted by molar-refractivity contribution is 5.46. The van der Waals surface area contributed by atoms with E-state index in [-0.39, 0.29) is 6.10 Å². The topological polar surface area (TPSA) is 49.0 Å². The van der Waals surface area contributed by atoms with Crippen LogP contribution < -0.4 is 14.8 Å². The van der Waals surface area contributed by atoms with Crippen molar-refractivity contribution in [2.75, 3.05) is 41.1 Å². The van der Waals surface area contributed by atoms with Crippen LogP contribution in [0.1, 0.15) is 12.5 Å². The Hall–Kier alpha value is -1.30. The lowest BCUT2D eigenvalue weighted by Gasteiger charge is -2.17. The Morgan fingerprint density at radius 2 is 2.00 bits per heavy atom. The monoisotopic (exact) mass is 283 g/mol. The molecule has 1 atom stereocenters. The molecule has 0 aliphatic rings. The van der Waals surface area contributed by atoms with Crippen LogP contribution in [0.4, 0.5) is 0 Å². The molecule has 0 fully saturated rings. The van der Waals surface area contributed by atoms with Crippen LogP contribution in [-0.2, 0) is 16.0 Å². The van der Waals surface area contributed by atoms with Gasteiger partial charge in [0.25, 0.3) is 0 Å². The Morgan fingerprint density at radius 3 is 2.65 bits per heavy atom. The first-order valence-electron chi connectivity index (χ1n) is 6.74. The Balaban J connectivity index is 2.70. The van der Waals surface area contributed by atoms with Gasteiger partial charge in [-0.05, 0) is 13.0 Å². The summed E-state index contributed by atoms with van der Waals surface area (Å²) in [5.41, 5.74) is 1.06. The minimum Gasteiger partial charge on any atom is -0.493 e. The molecule has 1 N–H and O–H groups in total. The fourth-order valence-electron chi connectivity index (χ4n) is 1.69. The molecule has 0 aliphatic heterocycles. The number of methoxy groups -OCH3 is 3. The van der Waals surface area contributed by atoms with Gasteiger partial charge in [0.1, 0.15) is 6.61 Å². The van der Waals surface area contributed by atoms with E-state index >= 15 is 0 Å². The summed E-state index contributed by atoms with van der Waals surface area (Å²) in [5.74, 6) is 1.50. The molecule has 0 bridgehead atoms. The predicted molar refractivity (Wildman–Crippen MR) is 78.5 cm³/mol. The molecule has 0 radical (unpaired) electrons. The minimum atomic E-state index is 0.0363. The quantitative estimate of drug-likeness (QED) is 0.664. The molecule has 1 unspecified atom stereocenters. The van der Waals surface area contributed by atoms with E-state index < -0.39 is 0 Å². The Bertz CT molecular complexity index is 384. The number of rotatable bonds is 10. The van der Waals surface area contributed by atoms with Crippen LogP contribution in [0, 0.1) is 0 Å². The summed E-state index contributed by atoms with van der Waals surface area (Å²) in [6.45, 7) is 4.63. The Labute approximate surface area is 121 Å². The van der Waals surface area contributed by atoms with E-state index in [2.05, 4.69) is 5.32 Å². The van der Waals surface area contributed by atoms with Gasteiger partial charge < -0.3 is 24.3 Å². The van der Waals surface area contributed by atoms with Gasteiger partial charge in [0.2, 0.25) is 0 Å². The maximum atomic E-state index is 5.85. The van der Waals surface area contributed by atoms with Gasteiger partial charge >= 0.3 is 0 Å². The second kappa shape index (κ2) is 9.58. The highest BCUT2D eigenvalue weighted by Gasteiger charge is 2.12. The second-order valence-corrected chi connectivity index (χ2v) is 4.48. The zero-order chi connectivity index (χ0) is 14.8. The van der Waals surface area contributed by atoms with E-state index in [9.17, 15) is 0 Å². The smallest absolute Gasteiger partial charge is 0.165 e. The summed E-state index contributed by atoms with van der Waals surface area (Å²) in [7, 11) is 5.00. The molecule has 0 heterocycles. The standard InChI is InChI=1S/C15H25NO4/c1-12(18-3)11-20-15-13(10-16-8-9-17-2)6-5-7-14(15)19-4/h5-7,12,16H,8-11H2,1-4H3. The summed E-state index contributed by atoms with van der Waals surface area (Å²) in [5, 5.41) is 3.30. The van der Waals surface area contributed by atoms with E-state index in [0.29, 0.717) is 19.8 Å². The van der Waals surface area contributed by atoms with Crippen LogP contribution in [0.3, 0.4) is 0 Å². The van der Waals surface area contributed by atoms with E-state index in [0.717, 1.165) is 23.6 Å². The molecule has 0 saturated heterocycles. The summed E-state index contributed by atoms with van der Waals surface area (Å²) in [6.07, 6.45) is 0.0363. The molecule has 0 spiro atoms. The van der Waals surface area contributed by atoms with Crippen LogP contribution in [0.2, 0.25) is 0 Å². The first-order chi connectivity index (χ1) is 9.72. The summed E-state index contributed by atoms with van der Waals surface area (Å²) >= 11 is 0. The van der Waals surface area contributed by atoms with Crippen LogP contribution >= 0.6 is 0 Å². The maximum Gasteiger partial charge on any atom is 0.165 e. The number of benzene rings is 1. The molecule has 20 heavy (non-hydrogen) atoms. The van der Waals surface area contributed by atoms with Crippen molar-refractivity contribution in [1.29, 1.82) is 0 Å². The van der Waals surface area contributed by atoms with Crippen molar-refractivity contribution in [2.24, 2.45) is 0 Å². The molecule has 1 aromatic carbocycles. The lowest BCUT2D eigenvalue weighted by atomic mass is 10.2. The Kier molecular flexibility index (Phi) is 8.02. The predicted octanol–water partition coefficient (Wildman–Crippen LogP) is 1.84. The van der Waals surface area contributed by atoms with Crippen LogP contribution in [-0.4, -0.2) is 47.2 Å². The highest BCUT2D eigenvalue weighted by Crippen LogP contribution is 2.31. The fraction of sp³-hybridized carbons (Fsp3) is 0.600. The van der Waals surface area contributed by atoms with Gasteiger partial charge in [-0.3, -0.25) is 0 Å². The van der Waals surface area contributed by atoms with Crippen molar-refractivity contribution in [1.82, 2.24) is 5.32 Å². The average molecular weight is 283 g/mol. The number of hydrogen-bond donors (Lipinski definition) is 1. The summed E-state index contributed by atoms with van der Waals surface area (Å²) < 4.78 is 21.4. The van der Waals surface area contributed by atoms with Crippen molar-refractivity contribution < 1.29 is 18.9 Å². The average Bonchev–Trinajstić information content (AvgIpc) is 2.49. The van der Waals surface area contributed by atoms with Gasteiger partial charge in [-0.15, -0.1) is 0 Å². The van der Waals surface area contributed by atoms with Gasteiger partial charge in [0.15, 0.2) is 11.5 Å². The zero-order valence-electron chi connectivity index (χ0n) is 12.8. The fourth-order valence-corrected chi connectivity index (χ4v) is 1.69. The number of hydrogen-bond acceptors (Lipinski definition) is 5. The largest absolute Gasteiger partial charge is 0.493 e. The van der Waals surface area contributed by atoms with Crippen molar-refractivity contribution in [3.8, 4) is 11.5 Å². The normalized spacial score (nSPS) is 12.2. The van der Waals surface area contributed by atoms with Crippen molar-refractivity contribution >= 4 is 0 Å².